The van der Waals surface area contributed by atoms with E-state index < -0.39 is 0 Å². The smallest absolute Gasteiger partial charge is 0.244 e. The Bertz CT molecular complexity index is 434. The van der Waals surface area contributed by atoms with E-state index >= 15 is 0 Å². The van der Waals surface area contributed by atoms with Crippen LogP contribution in [0.5, 0.6) is 5.75 Å². The monoisotopic (exact) mass is 245 g/mol. The van der Waals surface area contributed by atoms with Gasteiger partial charge in [-0.1, -0.05) is 25.0 Å². The van der Waals surface area contributed by atoms with E-state index in [-0.39, 0.29) is 5.91 Å². The summed E-state index contributed by atoms with van der Waals surface area (Å²) < 4.78 is 5.13. The zero-order chi connectivity index (χ0) is 12.8. The van der Waals surface area contributed by atoms with Crippen molar-refractivity contribution in [1.82, 2.24) is 5.32 Å². The Kier molecular flexibility index (Phi) is 4.40. The number of nitrogens with one attached hydrogen (secondary N) is 1. The van der Waals surface area contributed by atoms with Crippen molar-refractivity contribution in [2.24, 2.45) is 0 Å². The number of hydrogen-bond donors (Lipinski definition) is 1. The molecule has 1 amide bonds. The number of carbonyl (C=O) groups is 1. The minimum absolute atomic E-state index is 0.00952. The highest BCUT2D eigenvalue weighted by Gasteiger charge is 2.15. The highest BCUT2D eigenvalue weighted by atomic mass is 16.5. The summed E-state index contributed by atoms with van der Waals surface area (Å²) in [5.41, 5.74) is 0.968. The topological polar surface area (TPSA) is 38.3 Å². The van der Waals surface area contributed by atoms with E-state index in [1.807, 2.05) is 30.3 Å². The van der Waals surface area contributed by atoms with E-state index in [4.69, 9.17) is 4.74 Å². The van der Waals surface area contributed by atoms with Gasteiger partial charge >= 0.3 is 0 Å². The second-order valence-electron chi connectivity index (χ2n) is 4.60. The van der Waals surface area contributed by atoms with Crippen LogP contribution in [0.4, 0.5) is 0 Å². The molecule has 3 heteroatoms. The molecule has 0 heterocycles. The average Bonchev–Trinajstić information content (AvgIpc) is 2.89. The van der Waals surface area contributed by atoms with Gasteiger partial charge in [-0.3, -0.25) is 4.79 Å². The summed E-state index contributed by atoms with van der Waals surface area (Å²) in [5, 5.41) is 3.02. The molecule has 0 aliphatic heterocycles. The third-order valence-corrected chi connectivity index (χ3v) is 3.22. The van der Waals surface area contributed by atoms with Crippen LogP contribution in [0.2, 0.25) is 0 Å². The van der Waals surface area contributed by atoms with E-state index in [1.54, 1.807) is 13.2 Å². The van der Waals surface area contributed by atoms with Crippen LogP contribution in [0.1, 0.15) is 31.2 Å². The standard InChI is InChI=1S/C15H19NO2/c1-18-14-8-4-5-12(11-14)9-10-15(17)16-13-6-2-3-7-13/h4-5,8-11,13H,2-3,6-7H2,1H3,(H,16,17)/b10-9+. The fraction of sp³-hybridized carbons (Fsp3) is 0.400. The summed E-state index contributed by atoms with van der Waals surface area (Å²) in [6, 6.07) is 8.01. The molecule has 0 saturated heterocycles. The van der Waals surface area contributed by atoms with Crippen LogP contribution in [-0.4, -0.2) is 19.1 Å². The number of amides is 1. The van der Waals surface area contributed by atoms with Crippen molar-refractivity contribution in [3.8, 4) is 5.75 Å². The number of methoxy groups -OCH3 is 1. The van der Waals surface area contributed by atoms with E-state index in [1.165, 1.54) is 12.8 Å². The first-order valence-corrected chi connectivity index (χ1v) is 6.40. The minimum Gasteiger partial charge on any atom is -0.497 e. The molecule has 96 valence electrons. The number of ether oxygens (including phenoxy) is 1. The molecule has 0 radical (unpaired) electrons. The van der Waals surface area contributed by atoms with Crippen LogP contribution in [0.25, 0.3) is 6.08 Å². The molecular formula is C15H19NO2. The first-order valence-electron chi connectivity index (χ1n) is 6.40. The fourth-order valence-electron chi connectivity index (χ4n) is 2.24. The first kappa shape index (κ1) is 12.7. The van der Waals surface area contributed by atoms with Crippen molar-refractivity contribution in [2.45, 2.75) is 31.7 Å². The predicted octanol–water partition coefficient (Wildman–Crippen LogP) is 2.77. The number of carbonyl (C=O) groups excluding carboxylic acids is 1. The molecule has 2 rings (SSSR count). The SMILES string of the molecule is COc1cccc(/C=C/C(=O)NC2CCCC2)c1. The second kappa shape index (κ2) is 6.24. The van der Waals surface area contributed by atoms with Gasteiger partial charge in [0.1, 0.15) is 5.75 Å². The molecule has 0 bridgehead atoms. The molecule has 1 aromatic carbocycles. The Balaban J connectivity index is 1.90. The minimum atomic E-state index is -0.00952. The van der Waals surface area contributed by atoms with Gasteiger partial charge in [0.05, 0.1) is 7.11 Å². The Labute approximate surface area is 108 Å². The molecule has 1 fully saturated rings. The molecule has 1 aliphatic rings. The quantitative estimate of drug-likeness (QED) is 0.828. The molecule has 1 aliphatic carbocycles. The lowest BCUT2D eigenvalue weighted by Gasteiger charge is -2.09. The molecule has 0 atom stereocenters. The molecule has 3 nitrogen and oxygen atoms in total. The maximum Gasteiger partial charge on any atom is 0.244 e. The Morgan fingerprint density at radius 1 is 1.39 bits per heavy atom. The van der Waals surface area contributed by atoms with Gasteiger partial charge in [-0.05, 0) is 36.6 Å². The van der Waals surface area contributed by atoms with Gasteiger partial charge in [-0.15, -0.1) is 0 Å². The molecule has 0 unspecified atom stereocenters. The molecule has 1 N–H and O–H groups in total. The Morgan fingerprint density at radius 3 is 2.89 bits per heavy atom. The van der Waals surface area contributed by atoms with Crippen LogP contribution in [0.15, 0.2) is 30.3 Å². The van der Waals surface area contributed by atoms with Gasteiger partial charge < -0.3 is 10.1 Å². The van der Waals surface area contributed by atoms with Crippen LogP contribution in [0.3, 0.4) is 0 Å². The lowest BCUT2D eigenvalue weighted by Crippen LogP contribution is -2.30. The fourth-order valence-corrected chi connectivity index (χ4v) is 2.24. The highest BCUT2D eigenvalue weighted by Crippen LogP contribution is 2.17. The molecule has 18 heavy (non-hydrogen) atoms. The molecule has 1 saturated carbocycles. The normalized spacial score (nSPS) is 16.1. The summed E-state index contributed by atoms with van der Waals surface area (Å²) in [5.74, 6) is 0.790. The van der Waals surface area contributed by atoms with Crippen LogP contribution in [-0.2, 0) is 4.79 Å². The molecule has 0 spiro atoms. The number of hydrogen-bond acceptors (Lipinski definition) is 2. The third-order valence-electron chi connectivity index (χ3n) is 3.22. The second-order valence-corrected chi connectivity index (χ2v) is 4.60. The van der Waals surface area contributed by atoms with Gasteiger partial charge in [0.2, 0.25) is 5.91 Å². The van der Waals surface area contributed by atoms with E-state index in [0.717, 1.165) is 24.2 Å². The van der Waals surface area contributed by atoms with Gasteiger partial charge in [0, 0.05) is 12.1 Å². The average molecular weight is 245 g/mol. The molecule has 0 aromatic heterocycles. The van der Waals surface area contributed by atoms with E-state index in [9.17, 15) is 4.79 Å². The maximum absolute atomic E-state index is 11.7. The number of benzene rings is 1. The van der Waals surface area contributed by atoms with Gasteiger partial charge in [-0.25, -0.2) is 0 Å². The van der Waals surface area contributed by atoms with Crippen LogP contribution >= 0.6 is 0 Å². The van der Waals surface area contributed by atoms with Crippen molar-refractivity contribution in [3.63, 3.8) is 0 Å². The van der Waals surface area contributed by atoms with Crippen LogP contribution < -0.4 is 10.1 Å². The van der Waals surface area contributed by atoms with Crippen molar-refractivity contribution in [1.29, 1.82) is 0 Å². The molecular weight excluding hydrogens is 226 g/mol. The van der Waals surface area contributed by atoms with Gasteiger partial charge in [0.25, 0.3) is 0 Å². The largest absolute Gasteiger partial charge is 0.497 e. The lowest BCUT2D eigenvalue weighted by molar-refractivity contribution is -0.117. The van der Waals surface area contributed by atoms with Gasteiger partial charge in [0.15, 0.2) is 0 Å². The van der Waals surface area contributed by atoms with Crippen molar-refractivity contribution in [2.75, 3.05) is 7.11 Å². The molecule has 1 aromatic rings. The zero-order valence-electron chi connectivity index (χ0n) is 10.7. The third kappa shape index (κ3) is 3.62. The predicted molar refractivity (Wildman–Crippen MR) is 72.4 cm³/mol. The summed E-state index contributed by atoms with van der Waals surface area (Å²) in [4.78, 5) is 11.7. The van der Waals surface area contributed by atoms with Crippen molar-refractivity contribution < 1.29 is 9.53 Å². The highest BCUT2D eigenvalue weighted by molar-refractivity contribution is 5.91. The zero-order valence-corrected chi connectivity index (χ0v) is 10.7. The van der Waals surface area contributed by atoms with E-state index in [2.05, 4.69) is 5.32 Å². The number of rotatable bonds is 4. The maximum atomic E-state index is 11.7. The lowest BCUT2D eigenvalue weighted by atomic mass is 10.2. The summed E-state index contributed by atoms with van der Waals surface area (Å²) in [7, 11) is 1.63. The summed E-state index contributed by atoms with van der Waals surface area (Å²) in [6.07, 6.45) is 8.08. The van der Waals surface area contributed by atoms with Crippen molar-refractivity contribution in [3.05, 3.63) is 35.9 Å². The Hall–Kier alpha value is -1.77. The van der Waals surface area contributed by atoms with Gasteiger partial charge in [-0.2, -0.15) is 0 Å². The van der Waals surface area contributed by atoms with E-state index in [0.29, 0.717) is 6.04 Å². The van der Waals surface area contributed by atoms with Crippen LogP contribution in [0, 0.1) is 0 Å². The Morgan fingerprint density at radius 2 is 2.17 bits per heavy atom. The first-order chi connectivity index (χ1) is 8.78. The van der Waals surface area contributed by atoms with Crippen molar-refractivity contribution >= 4 is 12.0 Å². The summed E-state index contributed by atoms with van der Waals surface area (Å²) >= 11 is 0. The summed E-state index contributed by atoms with van der Waals surface area (Å²) in [6.45, 7) is 0.